The molecule has 2 rings (SSSR count). The van der Waals surface area contributed by atoms with Crippen LogP contribution in [0.15, 0.2) is 24.3 Å². The Morgan fingerprint density at radius 2 is 1.83 bits per heavy atom. The minimum Gasteiger partial charge on any atom is -0.481 e. The molecule has 1 aliphatic heterocycles. The number of carboxylic acid groups (broad SMARTS) is 1. The molecule has 1 heterocycles. The third-order valence-corrected chi connectivity index (χ3v) is 4.10. The molecular formula is C16H19F3N2O3. The Bertz CT molecular complexity index is 596. The van der Waals surface area contributed by atoms with E-state index < -0.39 is 17.7 Å². The smallest absolute Gasteiger partial charge is 0.416 e. The molecule has 1 saturated heterocycles. The van der Waals surface area contributed by atoms with Crippen molar-refractivity contribution < 1.29 is 27.9 Å². The predicted molar refractivity (Wildman–Crippen MR) is 80.6 cm³/mol. The van der Waals surface area contributed by atoms with Crippen LogP contribution in [0, 0.1) is 0 Å². The largest absolute Gasteiger partial charge is 0.481 e. The normalized spacial score (nSPS) is 16.0. The van der Waals surface area contributed by atoms with Crippen molar-refractivity contribution in [2.75, 3.05) is 19.6 Å². The molecule has 0 unspecified atom stereocenters. The first-order valence-corrected chi connectivity index (χ1v) is 7.69. The van der Waals surface area contributed by atoms with E-state index in [1.807, 2.05) is 0 Å². The number of amides is 2. The lowest BCUT2D eigenvalue weighted by Gasteiger charge is -2.33. The van der Waals surface area contributed by atoms with Gasteiger partial charge >= 0.3 is 18.2 Å². The van der Waals surface area contributed by atoms with Crippen molar-refractivity contribution in [2.24, 2.45) is 0 Å². The van der Waals surface area contributed by atoms with Crippen LogP contribution in [0.2, 0.25) is 0 Å². The van der Waals surface area contributed by atoms with Crippen LogP contribution in [0.5, 0.6) is 0 Å². The minimum atomic E-state index is -4.39. The van der Waals surface area contributed by atoms with Crippen LogP contribution in [-0.2, 0) is 11.0 Å². The van der Waals surface area contributed by atoms with E-state index >= 15 is 0 Å². The number of urea groups is 1. The average Bonchev–Trinajstić information content (AvgIpc) is 2.54. The highest BCUT2D eigenvalue weighted by molar-refractivity contribution is 5.75. The maximum Gasteiger partial charge on any atom is 0.416 e. The molecule has 1 aromatic carbocycles. The van der Waals surface area contributed by atoms with Crippen molar-refractivity contribution in [3.05, 3.63) is 35.4 Å². The van der Waals surface area contributed by atoms with Gasteiger partial charge in [0.05, 0.1) is 12.0 Å². The Labute approximate surface area is 137 Å². The highest BCUT2D eigenvalue weighted by atomic mass is 19.4. The molecule has 0 aromatic heterocycles. The first-order valence-electron chi connectivity index (χ1n) is 7.69. The fourth-order valence-corrected chi connectivity index (χ4v) is 2.89. The Kier molecular flexibility index (Phi) is 5.69. The number of benzene rings is 1. The van der Waals surface area contributed by atoms with Gasteiger partial charge in [0.1, 0.15) is 0 Å². The highest BCUT2D eigenvalue weighted by Gasteiger charge is 2.36. The Morgan fingerprint density at radius 1 is 1.21 bits per heavy atom. The van der Waals surface area contributed by atoms with Crippen LogP contribution in [0.4, 0.5) is 18.0 Å². The summed E-state index contributed by atoms with van der Waals surface area (Å²) in [6.07, 6.45) is -3.66. The second-order valence-corrected chi connectivity index (χ2v) is 5.72. The standard InChI is InChI=1S/C16H19F3N2O3/c17-16(18,19)13-4-2-1-3-12(13)11-6-9-21(10-7-11)15(24)20-8-5-14(22)23/h1-4,11H,5-10H2,(H,20,24)(H,22,23). The number of aliphatic carboxylic acids is 1. The van der Waals surface area contributed by atoms with Crippen molar-refractivity contribution >= 4 is 12.0 Å². The molecule has 132 valence electrons. The van der Waals surface area contributed by atoms with Crippen LogP contribution < -0.4 is 5.32 Å². The molecule has 1 aliphatic rings. The first kappa shape index (κ1) is 18.1. The maximum absolute atomic E-state index is 13.1. The SMILES string of the molecule is O=C(O)CCNC(=O)N1CCC(c2ccccc2C(F)(F)F)CC1. The lowest BCUT2D eigenvalue weighted by atomic mass is 9.86. The Hall–Kier alpha value is -2.25. The molecule has 1 fully saturated rings. The van der Waals surface area contributed by atoms with Crippen molar-refractivity contribution in [3.8, 4) is 0 Å². The molecule has 0 atom stereocenters. The summed E-state index contributed by atoms with van der Waals surface area (Å²) in [7, 11) is 0. The van der Waals surface area contributed by atoms with Gasteiger partial charge in [-0.2, -0.15) is 13.2 Å². The van der Waals surface area contributed by atoms with Crippen LogP contribution in [0.1, 0.15) is 36.3 Å². The van der Waals surface area contributed by atoms with Crippen LogP contribution >= 0.6 is 0 Å². The zero-order valence-corrected chi connectivity index (χ0v) is 13.0. The molecule has 2 N–H and O–H groups in total. The molecule has 1 aromatic rings. The number of carbonyl (C=O) groups excluding carboxylic acids is 1. The van der Waals surface area contributed by atoms with Gasteiger partial charge in [-0.25, -0.2) is 4.79 Å². The average molecular weight is 344 g/mol. The molecule has 5 nitrogen and oxygen atoms in total. The number of halogens is 3. The van der Waals surface area contributed by atoms with Gasteiger partial charge < -0.3 is 15.3 Å². The Morgan fingerprint density at radius 3 is 2.42 bits per heavy atom. The Balaban J connectivity index is 1.94. The van der Waals surface area contributed by atoms with Crippen LogP contribution in [-0.4, -0.2) is 41.6 Å². The van der Waals surface area contributed by atoms with Crippen molar-refractivity contribution in [3.63, 3.8) is 0 Å². The molecule has 0 radical (unpaired) electrons. The summed E-state index contributed by atoms with van der Waals surface area (Å²) in [5, 5.41) is 11.0. The third kappa shape index (κ3) is 4.62. The van der Waals surface area contributed by atoms with Gasteiger partial charge in [-0.1, -0.05) is 18.2 Å². The number of likely N-dealkylation sites (tertiary alicyclic amines) is 1. The molecule has 8 heteroatoms. The van der Waals surface area contributed by atoms with E-state index in [4.69, 9.17) is 5.11 Å². The molecule has 0 spiro atoms. The lowest BCUT2D eigenvalue weighted by Crippen LogP contribution is -2.44. The number of nitrogens with zero attached hydrogens (tertiary/aromatic N) is 1. The van der Waals surface area contributed by atoms with Gasteiger partial charge in [0, 0.05) is 19.6 Å². The maximum atomic E-state index is 13.1. The van der Waals surface area contributed by atoms with Gasteiger partial charge in [-0.05, 0) is 30.4 Å². The van der Waals surface area contributed by atoms with Crippen molar-refractivity contribution in [2.45, 2.75) is 31.4 Å². The van der Waals surface area contributed by atoms with E-state index in [1.54, 1.807) is 6.07 Å². The molecule has 0 aliphatic carbocycles. The second kappa shape index (κ2) is 7.55. The number of rotatable bonds is 4. The number of carbonyl (C=O) groups is 2. The summed E-state index contributed by atoms with van der Waals surface area (Å²) in [6.45, 7) is 0.719. The first-order chi connectivity index (χ1) is 11.3. The number of carboxylic acids is 1. The van der Waals surface area contributed by atoms with E-state index in [1.165, 1.54) is 17.0 Å². The van der Waals surface area contributed by atoms with Gasteiger partial charge in [0.25, 0.3) is 0 Å². The molecule has 24 heavy (non-hydrogen) atoms. The summed E-state index contributed by atoms with van der Waals surface area (Å²) in [5.74, 6) is -1.25. The quantitative estimate of drug-likeness (QED) is 0.882. The molecule has 0 saturated carbocycles. The second-order valence-electron chi connectivity index (χ2n) is 5.72. The number of alkyl halides is 3. The van der Waals surface area contributed by atoms with E-state index in [9.17, 15) is 22.8 Å². The fraction of sp³-hybridized carbons (Fsp3) is 0.500. The zero-order chi connectivity index (χ0) is 17.7. The van der Waals surface area contributed by atoms with Gasteiger partial charge in [-0.15, -0.1) is 0 Å². The number of hydrogen-bond donors (Lipinski definition) is 2. The number of nitrogens with one attached hydrogen (secondary N) is 1. The van der Waals surface area contributed by atoms with Gasteiger partial charge in [-0.3, -0.25) is 4.79 Å². The number of piperidine rings is 1. The van der Waals surface area contributed by atoms with E-state index in [-0.39, 0.29) is 30.5 Å². The van der Waals surface area contributed by atoms with E-state index in [2.05, 4.69) is 5.32 Å². The van der Waals surface area contributed by atoms with Crippen LogP contribution in [0.3, 0.4) is 0 Å². The van der Waals surface area contributed by atoms with Crippen LogP contribution in [0.25, 0.3) is 0 Å². The third-order valence-electron chi connectivity index (χ3n) is 4.10. The summed E-state index contributed by atoms with van der Waals surface area (Å²) in [5.41, 5.74) is -0.342. The van der Waals surface area contributed by atoms with Gasteiger partial charge in [0.15, 0.2) is 0 Å². The van der Waals surface area contributed by atoms with E-state index in [0.717, 1.165) is 6.07 Å². The topological polar surface area (TPSA) is 69.6 Å². The summed E-state index contributed by atoms with van der Waals surface area (Å²) in [4.78, 5) is 23.8. The summed E-state index contributed by atoms with van der Waals surface area (Å²) >= 11 is 0. The summed E-state index contributed by atoms with van der Waals surface area (Å²) in [6, 6.07) is 5.17. The van der Waals surface area contributed by atoms with Gasteiger partial charge in [0.2, 0.25) is 0 Å². The fourth-order valence-electron chi connectivity index (χ4n) is 2.89. The zero-order valence-electron chi connectivity index (χ0n) is 13.0. The molecule has 0 bridgehead atoms. The van der Waals surface area contributed by atoms with E-state index in [0.29, 0.717) is 25.9 Å². The number of hydrogen-bond acceptors (Lipinski definition) is 2. The highest BCUT2D eigenvalue weighted by Crippen LogP contribution is 2.38. The van der Waals surface area contributed by atoms with Crippen molar-refractivity contribution in [1.29, 1.82) is 0 Å². The monoisotopic (exact) mass is 344 g/mol. The summed E-state index contributed by atoms with van der Waals surface area (Å²) < 4.78 is 39.3. The minimum absolute atomic E-state index is 0.0327. The lowest BCUT2D eigenvalue weighted by molar-refractivity contribution is -0.138. The predicted octanol–water partition coefficient (Wildman–Crippen LogP) is 3.07. The molecular weight excluding hydrogens is 325 g/mol. The van der Waals surface area contributed by atoms with Crippen molar-refractivity contribution in [1.82, 2.24) is 10.2 Å². The molecule has 2 amide bonds.